The molecule has 88 heavy (non-hydrogen) atoms. The molecule has 0 spiro atoms. The second kappa shape index (κ2) is 53.0. The quantitative estimate of drug-likeness (QED) is 0.0236. The van der Waals surface area contributed by atoms with Crippen LogP contribution < -0.4 is 43.6 Å². The lowest BCUT2D eigenvalue weighted by atomic mass is 9.82. The lowest BCUT2D eigenvalue weighted by Crippen LogP contribution is -2.42. The van der Waals surface area contributed by atoms with Crippen LogP contribution in [0.3, 0.4) is 0 Å². The monoisotopic (exact) mass is 1260 g/mol. The molecule has 0 aliphatic heterocycles. The van der Waals surface area contributed by atoms with Gasteiger partial charge in [-0.25, -0.2) is 9.59 Å². The molecule has 27 heteroatoms. The van der Waals surface area contributed by atoms with E-state index in [-0.39, 0.29) is 153 Å². The van der Waals surface area contributed by atoms with E-state index in [2.05, 4.69) is 32.0 Å². The van der Waals surface area contributed by atoms with Crippen molar-refractivity contribution in [3.05, 3.63) is 0 Å². The van der Waals surface area contributed by atoms with E-state index in [1.165, 1.54) is 51.4 Å². The number of ether oxygens (including phenoxy) is 4. The summed E-state index contributed by atoms with van der Waals surface area (Å²) in [6.45, 7) is 5.71. The smallest absolute Gasteiger partial charge is 0.326 e. The van der Waals surface area contributed by atoms with Gasteiger partial charge in [-0.2, -0.15) is 0 Å². The van der Waals surface area contributed by atoms with Crippen LogP contribution in [-0.4, -0.2) is 184 Å². The van der Waals surface area contributed by atoms with Gasteiger partial charge in [0.1, 0.15) is 42.6 Å². The van der Waals surface area contributed by atoms with Crippen molar-refractivity contribution in [2.24, 2.45) is 28.8 Å². The van der Waals surface area contributed by atoms with Gasteiger partial charge in [0.05, 0.1) is 52.1 Å². The molecule has 0 heterocycles. The van der Waals surface area contributed by atoms with Gasteiger partial charge < -0.3 is 71.4 Å². The van der Waals surface area contributed by atoms with Crippen molar-refractivity contribution in [2.75, 3.05) is 85.6 Å². The maximum absolute atomic E-state index is 12.6. The summed E-state index contributed by atoms with van der Waals surface area (Å²) in [4.78, 5) is 146. The maximum Gasteiger partial charge on any atom is 0.326 e. The molecule has 0 saturated carbocycles. The van der Waals surface area contributed by atoms with Gasteiger partial charge in [-0.3, -0.25) is 54.4 Å². The zero-order valence-corrected chi connectivity index (χ0v) is 52.8. The van der Waals surface area contributed by atoms with E-state index in [1.807, 2.05) is 0 Å². The fraction of sp³-hybridized carbons (Fsp3) is 0.803. The first-order valence-electron chi connectivity index (χ1n) is 31.6. The second-order valence-electron chi connectivity index (χ2n) is 22.9. The molecule has 0 aliphatic carbocycles. The van der Waals surface area contributed by atoms with Crippen LogP contribution in [0.25, 0.3) is 0 Å². The van der Waals surface area contributed by atoms with Crippen molar-refractivity contribution >= 4 is 70.6 Å². The van der Waals surface area contributed by atoms with Crippen LogP contribution in [0.15, 0.2) is 0 Å². The average Bonchev–Trinajstić information content (AvgIpc) is 3.66. The minimum absolute atomic E-state index is 0.0162. The lowest BCUT2D eigenvalue weighted by Gasteiger charge is -2.23. The molecule has 13 N–H and O–H groups in total. The standard InChI is InChI=1S/C61H108N8O19/c1-45(70)20-16-14-12-10-8-6-4-5-7-9-11-13-15-17-22-55(76)68-49(59(81)82)26-30-54(75)65-32-34-85-37-39-88-43-57(78)66-33-35-86-36-38-87-42-48(71)40-47(58(79)80)24-28-56(77)69-50(60(83)84)25-29-53(74)64-31-19-18-21-46(51(72)41-62)23-27-52(73)61(2,3)44-67-63/h46-47,49-50,67H,4-44,62-63H2,1-3H3,(H,64,74)(H,65,75)(H,66,78)(H,68,76)(H,69,77)(H,79,80)(H,81,82)(H,83,84)/t46-,47-,49+,50+/m1/s1. The Kier molecular flexibility index (Phi) is 49.5. The van der Waals surface area contributed by atoms with Crippen molar-refractivity contribution < 1.29 is 91.8 Å². The van der Waals surface area contributed by atoms with Gasteiger partial charge >= 0.3 is 17.9 Å². The number of nitrogens with one attached hydrogen (secondary N) is 6. The highest BCUT2D eigenvalue weighted by Gasteiger charge is 2.29. The molecule has 0 saturated heterocycles. The number of unbranched alkanes of at least 4 members (excludes halogenated alkanes) is 14. The minimum atomic E-state index is -1.43. The maximum atomic E-state index is 12.6. The number of hydrogen-bond acceptors (Lipinski definition) is 19. The highest BCUT2D eigenvalue weighted by atomic mass is 16.5. The Balaban J connectivity index is 4.10. The number of rotatable bonds is 62. The SMILES string of the molecule is CC(=O)CCCCCCCCCCCCCCCCC(=O)N[C@@H](CCC(=O)NCCOCCOCC(=O)NCCOCCOCC(=O)C[C@@H](CCC(=O)N[C@@H](CCC(=O)NCCCC[C@H](CCC(=O)C(C)(C)CNN)C(=O)CN)C(=O)O)C(=O)O)C(=O)O. The summed E-state index contributed by atoms with van der Waals surface area (Å²) >= 11 is 0. The third kappa shape index (κ3) is 47.2. The van der Waals surface area contributed by atoms with E-state index >= 15 is 0 Å². The molecular formula is C61H108N8O19. The number of carboxylic acids is 3. The van der Waals surface area contributed by atoms with E-state index in [4.69, 9.17) is 30.5 Å². The molecular weight excluding hydrogens is 1150 g/mol. The molecule has 0 aromatic heterocycles. The first-order chi connectivity index (χ1) is 42.0. The fourth-order valence-electron chi connectivity index (χ4n) is 9.25. The zero-order valence-electron chi connectivity index (χ0n) is 52.8. The minimum Gasteiger partial charge on any atom is -0.481 e. The van der Waals surface area contributed by atoms with Gasteiger partial charge in [-0.1, -0.05) is 97.3 Å². The molecule has 506 valence electrons. The summed E-state index contributed by atoms with van der Waals surface area (Å²) in [5, 5.41) is 41.6. The summed E-state index contributed by atoms with van der Waals surface area (Å²) in [7, 11) is 0. The van der Waals surface area contributed by atoms with Gasteiger partial charge in [0.15, 0.2) is 5.78 Å². The van der Waals surface area contributed by atoms with Crippen LogP contribution in [0.1, 0.15) is 201 Å². The van der Waals surface area contributed by atoms with Crippen molar-refractivity contribution in [1.82, 2.24) is 32.0 Å². The highest BCUT2D eigenvalue weighted by Crippen LogP contribution is 2.23. The van der Waals surface area contributed by atoms with Crippen LogP contribution in [0.4, 0.5) is 0 Å². The largest absolute Gasteiger partial charge is 0.481 e. The highest BCUT2D eigenvalue weighted by molar-refractivity contribution is 5.88. The molecule has 0 unspecified atom stereocenters. The van der Waals surface area contributed by atoms with E-state index in [0.717, 1.165) is 32.1 Å². The Labute approximate surface area is 519 Å². The van der Waals surface area contributed by atoms with E-state index < -0.39 is 90.2 Å². The van der Waals surface area contributed by atoms with Crippen molar-refractivity contribution in [3.8, 4) is 0 Å². The molecule has 0 aliphatic rings. The number of carboxylic acid groups (broad SMARTS) is 3. The number of hydrazine groups is 1. The predicted octanol–water partition coefficient (Wildman–Crippen LogP) is 3.52. The van der Waals surface area contributed by atoms with Gasteiger partial charge in [-0.15, -0.1) is 0 Å². The number of amides is 5. The third-order valence-electron chi connectivity index (χ3n) is 14.7. The lowest BCUT2D eigenvalue weighted by molar-refractivity contribution is -0.145. The summed E-state index contributed by atoms with van der Waals surface area (Å²) in [5.41, 5.74) is 7.39. The van der Waals surface area contributed by atoms with Gasteiger partial charge in [0.25, 0.3) is 0 Å². The number of Topliss-reactive ketones (excluding diaryl/α,β-unsaturated/α-hetero) is 4. The van der Waals surface area contributed by atoms with Gasteiger partial charge in [0.2, 0.25) is 29.5 Å². The van der Waals surface area contributed by atoms with Crippen LogP contribution in [0, 0.1) is 17.3 Å². The number of ketones is 4. The molecule has 4 atom stereocenters. The van der Waals surface area contributed by atoms with Gasteiger partial charge in [0, 0.05) is 82.5 Å². The first-order valence-corrected chi connectivity index (χ1v) is 31.6. The number of nitrogens with two attached hydrogens (primary N) is 2. The van der Waals surface area contributed by atoms with Crippen LogP contribution in [0.5, 0.6) is 0 Å². The Hall–Kier alpha value is -5.84. The third-order valence-corrected chi connectivity index (χ3v) is 14.7. The molecule has 0 aromatic carbocycles. The number of carbonyl (C=O) groups excluding carboxylic acids is 9. The van der Waals surface area contributed by atoms with Crippen molar-refractivity contribution in [2.45, 2.75) is 213 Å². The number of aliphatic carboxylic acids is 3. The van der Waals surface area contributed by atoms with E-state index in [9.17, 15) is 72.9 Å². The molecule has 0 rings (SSSR count). The molecule has 0 radical (unpaired) electrons. The zero-order chi connectivity index (χ0) is 65.8. The topological polar surface area (TPSA) is 427 Å². The predicted molar refractivity (Wildman–Crippen MR) is 326 cm³/mol. The molecule has 0 aromatic rings. The molecule has 0 fully saturated rings. The van der Waals surface area contributed by atoms with Crippen LogP contribution in [-0.2, 0) is 76.5 Å². The van der Waals surface area contributed by atoms with Crippen molar-refractivity contribution in [1.29, 1.82) is 0 Å². The number of hydrogen-bond donors (Lipinski definition) is 11. The summed E-state index contributed by atoms with van der Waals surface area (Å²) in [6, 6.07) is -2.61. The van der Waals surface area contributed by atoms with Gasteiger partial charge in [-0.05, 0) is 58.3 Å². The van der Waals surface area contributed by atoms with Crippen LogP contribution >= 0.6 is 0 Å². The first kappa shape index (κ1) is 82.2. The summed E-state index contributed by atoms with van der Waals surface area (Å²) in [5.74, 6) is -3.09. The molecule has 27 nitrogen and oxygen atoms in total. The van der Waals surface area contributed by atoms with Crippen LogP contribution in [0.2, 0.25) is 0 Å². The fourth-order valence-corrected chi connectivity index (χ4v) is 9.25. The molecule has 5 amide bonds. The Morgan fingerprint density at radius 2 is 0.864 bits per heavy atom. The molecule has 0 bridgehead atoms. The second-order valence-corrected chi connectivity index (χ2v) is 22.9. The van der Waals surface area contributed by atoms with E-state index in [1.54, 1.807) is 20.8 Å². The Morgan fingerprint density at radius 1 is 0.432 bits per heavy atom. The Bertz CT molecular complexity index is 2060. The Morgan fingerprint density at radius 3 is 1.34 bits per heavy atom. The van der Waals surface area contributed by atoms with E-state index in [0.29, 0.717) is 38.5 Å². The number of carbonyl (C=O) groups is 12. The summed E-state index contributed by atoms with van der Waals surface area (Å²) in [6.07, 6.45) is 16.9. The summed E-state index contributed by atoms with van der Waals surface area (Å²) < 4.78 is 21.3. The van der Waals surface area contributed by atoms with Crippen molar-refractivity contribution in [3.63, 3.8) is 0 Å². The average molecular weight is 1260 g/mol. The normalized spacial score (nSPS) is 12.7.